The summed E-state index contributed by atoms with van der Waals surface area (Å²) in [6.45, 7) is 3.97. The van der Waals surface area contributed by atoms with Crippen molar-refractivity contribution < 1.29 is 9.90 Å². The normalized spacial score (nSPS) is 12.6. The zero-order valence-corrected chi connectivity index (χ0v) is 11.8. The van der Waals surface area contributed by atoms with E-state index in [-0.39, 0.29) is 34.6 Å². The lowest BCUT2D eigenvalue weighted by Crippen LogP contribution is -2.39. The van der Waals surface area contributed by atoms with Gasteiger partial charge in [0, 0.05) is 18.8 Å². The third-order valence-corrected chi connectivity index (χ3v) is 3.14. The standard InChI is InChI=1S/C12H16Cl2N2O2/c1-7(2)10(3-4-17)16-12(18)8-5-11(14)15-6-9(8)13/h5-7,10,17H,3-4H2,1-2H3,(H,16,18). The number of carbonyl (C=O) groups is 1. The van der Waals surface area contributed by atoms with Crippen LogP contribution in [-0.2, 0) is 0 Å². The summed E-state index contributed by atoms with van der Waals surface area (Å²) in [5.74, 6) is -0.0892. The summed E-state index contributed by atoms with van der Waals surface area (Å²) >= 11 is 11.6. The largest absolute Gasteiger partial charge is 0.396 e. The molecule has 0 saturated heterocycles. The molecule has 100 valence electrons. The van der Waals surface area contributed by atoms with Crippen LogP contribution < -0.4 is 5.32 Å². The van der Waals surface area contributed by atoms with E-state index in [4.69, 9.17) is 28.3 Å². The average Bonchev–Trinajstić information content (AvgIpc) is 2.31. The van der Waals surface area contributed by atoms with Crippen molar-refractivity contribution in [2.24, 2.45) is 5.92 Å². The molecule has 1 atom stereocenters. The predicted molar refractivity (Wildman–Crippen MR) is 72.1 cm³/mol. The Hall–Kier alpha value is -0.840. The van der Waals surface area contributed by atoms with Gasteiger partial charge in [-0.1, -0.05) is 37.0 Å². The number of amides is 1. The van der Waals surface area contributed by atoms with Crippen molar-refractivity contribution in [2.75, 3.05) is 6.61 Å². The minimum atomic E-state index is -0.309. The fourth-order valence-corrected chi connectivity index (χ4v) is 1.89. The molecule has 1 amide bonds. The van der Waals surface area contributed by atoms with Crippen LogP contribution in [0.25, 0.3) is 0 Å². The van der Waals surface area contributed by atoms with Gasteiger partial charge in [0.1, 0.15) is 5.15 Å². The Balaban J connectivity index is 2.83. The molecule has 1 heterocycles. The maximum Gasteiger partial charge on any atom is 0.253 e. The molecule has 0 aromatic carbocycles. The van der Waals surface area contributed by atoms with E-state index in [0.29, 0.717) is 12.0 Å². The van der Waals surface area contributed by atoms with Crippen LogP contribution in [0.1, 0.15) is 30.6 Å². The number of aliphatic hydroxyl groups is 1. The van der Waals surface area contributed by atoms with Gasteiger partial charge in [-0.2, -0.15) is 0 Å². The highest BCUT2D eigenvalue weighted by Gasteiger charge is 2.18. The van der Waals surface area contributed by atoms with E-state index in [0.717, 1.165) is 0 Å². The summed E-state index contributed by atoms with van der Waals surface area (Å²) in [6.07, 6.45) is 1.84. The fraction of sp³-hybridized carbons (Fsp3) is 0.500. The van der Waals surface area contributed by atoms with Crippen LogP contribution in [-0.4, -0.2) is 28.6 Å². The van der Waals surface area contributed by atoms with Crippen molar-refractivity contribution >= 4 is 29.1 Å². The van der Waals surface area contributed by atoms with E-state index in [9.17, 15) is 4.79 Å². The van der Waals surface area contributed by atoms with Gasteiger partial charge in [0.25, 0.3) is 5.91 Å². The lowest BCUT2D eigenvalue weighted by atomic mass is 10.0. The topological polar surface area (TPSA) is 62.2 Å². The molecular weight excluding hydrogens is 275 g/mol. The highest BCUT2D eigenvalue weighted by atomic mass is 35.5. The number of nitrogens with zero attached hydrogens (tertiary/aromatic N) is 1. The van der Waals surface area contributed by atoms with E-state index in [2.05, 4.69) is 10.3 Å². The maximum atomic E-state index is 12.0. The lowest BCUT2D eigenvalue weighted by Gasteiger charge is -2.21. The summed E-state index contributed by atoms with van der Waals surface area (Å²) in [5.41, 5.74) is 0.292. The van der Waals surface area contributed by atoms with Gasteiger partial charge in [-0.25, -0.2) is 4.98 Å². The SMILES string of the molecule is CC(C)C(CCO)NC(=O)c1cc(Cl)ncc1Cl. The molecule has 18 heavy (non-hydrogen) atoms. The number of aliphatic hydroxyl groups excluding tert-OH is 1. The average molecular weight is 291 g/mol. The molecule has 1 rings (SSSR count). The number of nitrogens with one attached hydrogen (secondary N) is 1. The van der Waals surface area contributed by atoms with Gasteiger partial charge < -0.3 is 10.4 Å². The van der Waals surface area contributed by atoms with E-state index < -0.39 is 0 Å². The Morgan fingerprint density at radius 2 is 2.17 bits per heavy atom. The molecule has 0 bridgehead atoms. The number of pyridine rings is 1. The predicted octanol–water partition coefficient (Wildman–Crippen LogP) is 2.53. The molecule has 1 aromatic heterocycles. The smallest absolute Gasteiger partial charge is 0.253 e. The molecular formula is C12H16Cl2N2O2. The molecule has 0 aliphatic rings. The number of carbonyl (C=O) groups excluding carboxylic acids is 1. The number of aromatic nitrogens is 1. The maximum absolute atomic E-state index is 12.0. The Kier molecular flexibility index (Phi) is 5.85. The number of halogens is 2. The second-order valence-corrected chi connectivity index (χ2v) is 5.12. The van der Waals surface area contributed by atoms with Crippen LogP contribution in [0, 0.1) is 5.92 Å². The minimum Gasteiger partial charge on any atom is -0.396 e. The summed E-state index contributed by atoms with van der Waals surface area (Å²) in [6, 6.07) is 1.32. The monoisotopic (exact) mass is 290 g/mol. The van der Waals surface area contributed by atoms with Crippen LogP contribution in [0.2, 0.25) is 10.2 Å². The Labute approximate surface area is 116 Å². The van der Waals surface area contributed by atoms with Crippen LogP contribution in [0.4, 0.5) is 0 Å². The third-order valence-electron chi connectivity index (χ3n) is 2.63. The summed E-state index contributed by atoms with van der Waals surface area (Å²) < 4.78 is 0. The van der Waals surface area contributed by atoms with Crippen molar-refractivity contribution in [1.29, 1.82) is 0 Å². The van der Waals surface area contributed by atoms with Crippen LogP contribution in [0.3, 0.4) is 0 Å². The van der Waals surface area contributed by atoms with Crippen molar-refractivity contribution in [3.63, 3.8) is 0 Å². The minimum absolute atomic E-state index is 0.0218. The van der Waals surface area contributed by atoms with Crippen LogP contribution in [0.15, 0.2) is 12.3 Å². The van der Waals surface area contributed by atoms with E-state index in [1.54, 1.807) is 0 Å². The summed E-state index contributed by atoms with van der Waals surface area (Å²) in [5, 5.41) is 12.3. The molecule has 4 nitrogen and oxygen atoms in total. The van der Waals surface area contributed by atoms with E-state index in [1.165, 1.54) is 12.3 Å². The molecule has 0 aliphatic heterocycles. The van der Waals surface area contributed by atoms with E-state index >= 15 is 0 Å². The van der Waals surface area contributed by atoms with Crippen molar-refractivity contribution in [1.82, 2.24) is 10.3 Å². The molecule has 0 radical (unpaired) electrons. The van der Waals surface area contributed by atoms with Crippen molar-refractivity contribution in [3.05, 3.63) is 28.0 Å². The van der Waals surface area contributed by atoms with Crippen molar-refractivity contribution in [2.45, 2.75) is 26.3 Å². The van der Waals surface area contributed by atoms with Gasteiger partial charge in [0.2, 0.25) is 0 Å². The van der Waals surface area contributed by atoms with Gasteiger partial charge >= 0.3 is 0 Å². The van der Waals surface area contributed by atoms with Gasteiger partial charge in [0.05, 0.1) is 10.6 Å². The molecule has 1 unspecified atom stereocenters. The first-order chi connectivity index (χ1) is 8.45. The first-order valence-corrected chi connectivity index (χ1v) is 6.44. The van der Waals surface area contributed by atoms with Gasteiger partial charge in [-0.05, 0) is 18.4 Å². The first-order valence-electron chi connectivity index (χ1n) is 5.68. The molecule has 2 N–H and O–H groups in total. The first kappa shape index (κ1) is 15.2. The Bertz CT molecular complexity index is 425. The molecule has 0 spiro atoms. The number of hydrogen-bond acceptors (Lipinski definition) is 3. The second kappa shape index (κ2) is 6.92. The summed E-state index contributed by atoms with van der Waals surface area (Å²) in [4.78, 5) is 15.8. The second-order valence-electron chi connectivity index (χ2n) is 4.32. The molecule has 1 aromatic rings. The molecule has 0 aliphatic carbocycles. The number of rotatable bonds is 5. The zero-order valence-electron chi connectivity index (χ0n) is 10.3. The lowest BCUT2D eigenvalue weighted by molar-refractivity contribution is 0.0916. The molecule has 6 heteroatoms. The van der Waals surface area contributed by atoms with Crippen molar-refractivity contribution in [3.8, 4) is 0 Å². The zero-order chi connectivity index (χ0) is 13.7. The third kappa shape index (κ3) is 4.12. The number of hydrogen-bond donors (Lipinski definition) is 2. The Morgan fingerprint density at radius 3 is 2.72 bits per heavy atom. The van der Waals surface area contributed by atoms with Crippen LogP contribution in [0.5, 0.6) is 0 Å². The quantitative estimate of drug-likeness (QED) is 0.819. The highest BCUT2D eigenvalue weighted by molar-refractivity contribution is 6.35. The van der Waals surface area contributed by atoms with E-state index in [1.807, 2.05) is 13.8 Å². The van der Waals surface area contributed by atoms with Crippen LogP contribution >= 0.6 is 23.2 Å². The fourth-order valence-electron chi connectivity index (χ4n) is 1.54. The Morgan fingerprint density at radius 1 is 1.50 bits per heavy atom. The van der Waals surface area contributed by atoms with Gasteiger partial charge in [-0.3, -0.25) is 4.79 Å². The van der Waals surface area contributed by atoms with Gasteiger partial charge in [0.15, 0.2) is 0 Å². The molecule has 0 saturated carbocycles. The summed E-state index contributed by atoms with van der Waals surface area (Å²) in [7, 11) is 0. The van der Waals surface area contributed by atoms with Gasteiger partial charge in [-0.15, -0.1) is 0 Å². The molecule has 0 fully saturated rings. The highest BCUT2D eigenvalue weighted by Crippen LogP contribution is 2.18.